The lowest BCUT2D eigenvalue weighted by atomic mass is 9.94. The first-order chi connectivity index (χ1) is 13.1. The van der Waals surface area contributed by atoms with Crippen LogP contribution >= 0.6 is 12.2 Å². The molecule has 0 saturated heterocycles. The number of allylic oxidation sites excluding steroid dienone is 1. The minimum Gasteiger partial charge on any atom is -0.497 e. The molecule has 1 aliphatic heterocycles. The van der Waals surface area contributed by atoms with Crippen LogP contribution in [0.5, 0.6) is 5.75 Å². The number of nitrogens with one attached hydrogen (secondary N) is 1. The van der Waals surface area contributed by atoms with Crippen LogP contribution in [-0.4, -0.2) is 24.8 Å². The Morgan fingerprint density at radius 1 is 1.15 bits per heavy atom. The molecule has 0 unspecified atom stereocenters. The maximum absolute atomic E-state index is 12.8. The zero-order valence-electron chi connectivity index (χ0n) is 15.6. The number of para-hydroxylation sites is 1. The Hall–Kier alpha value is -2.86. The topological polar surface area (TPSA) is 50.8 Å². The van der Waals surface area contributed by atoms with Crippen LogP contribution in [0.25, 0.3) is 0 Å². The molecule has 3 rings (SSSR count). The van der Waals surface area contributed by atoms with Crippen molar-refractivity contribution in [3.8, 4) is 5.75 Å². The molecule has 0 aliphatic carbocycles. The zero-order chi connectivity index (χ0) is 19.4. The summed E-state index contributed by atoms with van der Waals surface area (Å²) >= 11 is 5.62. The highest BCUT2D eigenvalue weighted by Gasteiger charge is 2.35. The van der Waals surface area contributed by atoms with E-state index in [0.717, 1.165) is 22.7 Å². The average Bonchev–Trinajstić information content (AvgIpc) is 2.68. The minimum atomic E-state index is -0.387. The van der Waals surface area contributed by atoms with E-state index in [4.69, 9.17) is 21.7 Å². The highest BCUT2D eigenvalue weighted by Crippen LogP contribution is 2.34. The Bertz CT molecular complexity index is 863. The summed E-state index contributed by atoms with van der Waals surface area (Å²) in [7, 11) is 1.62. The Balaban J connectivity index is 2.09. The molecule has 0 fully saturated rings. The van der Waals surface area contributed by atoms with E-state index in [0.29, 0.717) is 17.3 Å². The van der Waals surface area contributed by atoms with Gasteiger partial charge in [0.25, 0.3) is 0 Å². The van der Waals surface area contributed by atoms with E-state index >= 15 is 0 Å². The Kier molecular flexibility index (Phi) is 5.76. The molecule has 0 radical (unpaired) electrons. The van der Waals surface area contributed by atoms with Gasteiger partial charge < -0.3 is 14.8 Å². The predicted molar refractivity (Wildman–Crippen MR) is 110 cm³/mol. The van der Waals surface area contributed by atoms with E-state index in [1.165, 1.54) is 0 Å². The van der Waals surface area contributed by atoms with Crippen molar-refractivity contribution in [1.29, 1.82) is 0 Å². The summed E-state index contributed by atoms with van der Waals surface area (Å²) in [5, 5.41) is 3.83. The van der Waals surface area contributed by atoms with Crippen LogP contribution in [0.2, 0.25) is 0 Å². The van der Waals surface area contributed by atoms with Crippen molar-refractivity contribution >= 4 is 29.0 Å². The summed E-state index contributed by atoms with van der Waals surface area (Å²) in [6, 6.07) is 16.9. The van der Waals surface area contributed by atoms with Crippen LogP contribution in [-0.2, 0) is 9.53 Å². The van der Waals surface area contributed by atoms with Crippen molar-refractivity contribution in [2.75, 3.05) is 18.6 Å². The number of methoxy groups -OCH3 is 1. The number of carbonyl (C=O) groups is 1. The number of hydrogen-bond acceptors (Lipinski definition) is 4. The van der Waals surface area contributed by atoms with E-state index < -0.39 is 0 Å². The standard InChI is InChI=1S/C21H22N2O3S/c1-4-26-20(24)18-14(2)23(16-8-6-5-7-9-16)21(27)22-19(18)15-10-12-17(25-3)13-11-15/h5-13,19H,4H2,1-3H3,(H,22,27)/t19-/m1/s1. The van der Waals surface area contributed by atoms with Crippen molar-refractivity contribution in [3.05, 3.63) is 71.4 Å². The number of nitrogens with zero attached hydrogens (tertiary/aromatic N) is 1. The molecule has 27 heavy (non-hydrogen) atoms. The molecule has 0 saturated carbocycles. The molecule has 1 aliphatic rings. The third kappa shape index (κ3) is 3.80. The van der Waals surface area contributed by atoms with E-state index in [1.54, 1.807) is 14.0 Å². The number of benzene rings is 2. The van der Waals surface area contributed by atoms with Crippen LogP contribution in [0, 0.1) is 0 Å². The van der Waals surface area contributed by atoms with Crippen molar-refractivity contribution < 1.29 is 14.3 Å². The fourth-order valence-electron chi connectivity index (χ4n) is 3.15. The van der Waals surface area contributed by atoms with Gasteiger partial charge in [0.1, 0.15) is 5.75 Å². The van der Waals surface area contributed by atoms with E-state index in [-0.39, 0.29) is 12.0 Å². The van der Waals surface area contributed by atoms with Gasteiger partial charge in [-0.05, 0) is 55.9 Å². The Labute approximate surface area is 164 Å². The number of thiocarbonyl (C=S) groups is 1. The fourth-order valence-corrected chi connectivity index (χ4v) is 3.51. The lowest BCUT2D eigenvalue weighted by molar-refractivity contribution is -0.139. The number of carbonyl (C=O) groups excluding carboxylic acids is 1. The molecule has 2 aromatic rings. The molecule has 0 amide bonds. The van der Waals surface area contributed by atoms with Crippen molar-refractivity contribution in [2.24, 2.45) is 0 Å². The van der Waals surface area contributed by atoms with Crippen LogP contribution in [0.1, 0.15) is 25.5 Å². The molecule has 1 N–H and O–H groups in total. The molecular weight excluding hydrogens is 360 g/mol. The first-order valence-electron chi connectivity index (χ1n) is 8.74. The molecule has 6 heteroatoms. The summed E-state index contributed by atoms with van der Waals surface area (Å²) < 4.78 is 10.6. The smallest absolute Gasteiger partial charge is 0.338 e. The normalized spacial score (nSPS) is 16.8. The van der Waals surface area contributed by atoms with Gasteiger partial charge in [0.2, 0.25) is 0 Å². The third-order valence-corrected chi connectivity index (χ3v) is 4.74. The molecule has 1 atom stereocenters. The molecule has 5 nitrogen and oxygen atoms in total. The van der Waals surface area contributed by atoms with Crippen LogP contribution in [0.4, 0.5) is 5.69 Å². The number of ether oxygens (including phenoxy) is 2. The monoisotopic (exact) mass is 382 g/mol. The van der Waals surface area contributed by atoms with Gasteiger partial charge in [0.05, 0.1) is 25.3 Å². The van der Waals surface area contributed by atoms with Crippen LogP contribution in [0.3, 0.4) is 0 Å². The molecule has 0 bridgehead atoms. The Morgan fingerprint density at radius 3 is 2.41 bits per heavy atom. The molecule has 2 aromatic carbocycles. The number of anilines is 1. The molecule has 1 heterocycles. The van der Waals surface area contributed by atoms with Gasteiger partial charge >= 0.3 is 5.97 Å². The summed E-state index contributed by atoms with van der Waals surface area (Å²) in [6.45, 7) is 4.00. The highest BCUT2D eigenvalue weighted by atomic mass is 32.1. The van der Waals surface area contributed by atoms with Crippen LogP contribution in [0.15, 0.2) is 65.9 Å². The van der Waals surface area contributed by atoms with Gasteiger partial charge in [0.15, 0.2) is 5.11 Å². The zero-order valence-corrected chi connectivity index (χ0v) is 16.4. The van der Waals surface area contributed by atoms with Gasteiger partial charge in [-0.3, -0.25) is 4.90 Å². The second-order valence-corrected chi connectivity index (χ2v) is 6.43. The van der Waals surface area contributed by atoms with Crippen molar-refractivity contribution in [2.45, 2.75) is 19.9 Å². The fraction of sp³-hybridized carbons (Fsp3) is 0.238. The summed E-state index contributed by atoms with van der Waals surface area (Å²) in [4.78, 5) is 14.6. The van der Waals surface area contributed by atoms with Crippen molar-refractivity contribution in [1.82, 2.24) is 5.32 Å². The van der Waals surface area contributed by atoms with Crippen LogP contribution < -0.4 is 15.0 Å². The molecule has 140 valence electrons. The van der Waals surface area contributed by atoms with E-state index in [1.807, 2.05) is 66.4 Å². The lowest BCUT2D eigenvalue weighted by Crippen LogP contribution is -2.48. The predicted octanol–water partition coefficient (Wildman–Crippen LogP) is 3.97. The largest absolute Gasteiger partial charge is 0.497 e. The number of rotatable bonds is 5. The average molecular weight is 382 g/mol. The van der Waals surface area contributed by atoms with Gasteiger partial charge in [-0.15, -0.1) is 0 Å². The summed E-state index contributed by atoms with van der Waals surface area (Å²) in [5.74, 6) is 0.396. The van der Waals surface area contributed by atoms with Gasteiger partial charge in [-0.2, -0.15) is 0 Å². The first kappa shape index (κ1) is 18.9. The molecule has 0 spiro atoms. The van der Waals surface area contributed by atoms with E-state index in [2.05, 4.69) is 5.32 Å². The summed E-state index contributed by atoms with van der Waals surface area (Å²) in [6.07, 6.45) is 0. The van der Waals surface area contributed by atoms with Crippen molar-refractivity contribution in [3.63, 3.8) is 0 Å². The highest BCUT2D eigenvalue weighted by molar-refractivity contribution is 7.80. The Morgan fingerprint density at radius 2 is 1.81 bits per heavy atom. The second-order valence-electron chi connectivity index (χ2n) is 6.05. The van der Waals surface area contributed by atoms with Gasteiger partial charge in [-0.1, -0.05) is 30.3 Å². The van der Waals surface area contributed by atoms with Gasteiger partial charge in [-0.25, -0.2) is 4.79 Å². The van der Waals surface area contributed by atoms with Gasteiger partial charge in [0, 0.05) is 11.4 Å². The SMILES string of the molecule is CCOC(=O)C1=C(C)N(c2ccccc2)C(=S)N[C@@H]1c1ccc(OC)cc1. The summed E-state index contributed by atoms with van der Waals surface area (Å²) in [5.41, 5.74) is 3.10. The second kappa shape index (κ2) is 8.22. The molecule has 0 aromatic heterocycles. The quantitative estimate of drug-likeness (QED) is 0.624. The number of esters is 1. The maximum Gasteiger partial charge on any atom is 0.338 e. The minimum absolute atomic E-state index is 0.306. The maximum atomic E-state index is 12.8. The third-order valence-electron chi connectivity index (χ3n) is 4.44. The lowest BCUT2D eigenvalue weighted by Gasteiger charge is -2.37. The molecular formula is C21H22N2O3S. The first-order valence-corrected chi connectivity index (χ1v) is 9.15. The van der Waals surface area contributed by atoms with E-state index in [9.17, 15) is 4.79 Å². The number of hydrogen-bond donors (Lipinski definition) is 1.